The summed E-state index contributed by atoms with van der Waals surface area (Å²) in [7, 11) is 1.45. The highest BCUT2D eigenvalue weighted by molar-refractivity contribution is 6.39. The van der Waals surface area contributed by atoms with E-state index < -0.39 is 11.8 Å². The standard InChI is InChI=1S/C8H12N4O3/c1-12(4-6(9)13)8(15)5-2-3-7(14)11-10-5/h2-4H2,1H3,(H2,9,13)(H,11,14). The van der Waals surface area contributed by atoms with Gasteiger partial charge in [0.15, 0.2) is 0 Å². The minimum atomic E-state index is -0.591. The molecular formula is C8H12N4O3. The molecule has 0 atom stereocenters. The normalized spacial score (nSPS) is 15.3. The van der Waals surface area contributed by atoms with Crippen LogP contribution in [0, 0.1) is 0 Å². The maximum atomic E-state index is 11.6. The molecule has 7 nitrogen and oxygen atoms in total. The van der Waals surface area contributed by atoms with Gasteiger partial charge in [0.05, 0.1) is 6.54 Å². The first-order chi connectivity index (χ1) is 7.00. The predicted octanol–water partition coefficient (Wildman–Crippen LogP) is -1.80. The third kappa shape index (κ3) is 3.04. The molecule has 0 unspecified atom stereocenters. The number of primary amides is 1. The fourth-order valence-electron chi connectivity index (χ4n) is 1.15. The Morgan fingerprint density at radius 2 is 2.20 bits per heavy atom. The lowest BCUT2D eigenvalue weighted by atomic mass is 10.1. The quantitative estimate of drug-likeness (QED) is 0.576. The Bertz CT molecular complexity index is 337. The molecule has 82 valence electrons. The number of nitrogens with one attached hydrogen (secondary N) is 1. The van der Waals surface area contributed by atoms with Gasteiger partial charge in [-0.3, -0.25) is 14.4 Å². The number of hydrazone groups is 1. The fraction of sp³-hybridized carbons (Fsp3) is 0.500. The van der Waals surface area contributed by atoms with Crippen LogP contribution in [0.4, 0.5) is 0 Å². The molecule has 1 aliphatic heterocycles. The van der Waals surface area contributed by atoms with Crippen LogP contribution in [-0.4, -0.2) is 41.9 Å². The van der Waals surface area contributed by atoms with Gasteiger partial charge in [-0.25, -0.2) is 5.43 Å². The van der Waals surface area contributed by atoms with Crippen LogP contribution in [0.3, 0.4) is 0 Å². The number of rotatable bonds is 3. The lowest BCUT2D eigenvalue weighted by molar-refractivity contribution is -0.129. The summed E-state index contributed by atoms with van der Waals surface area (Å²) in [5.41, 5.74) is 7.38. The molecule has 15 heavy (non-hydrogen) atoms. The van der Waals surface area contributed by atoms with Gasteiger partial charge in [-0.05, 0) is 0 Å². The number of carbonyl (C=O) groups excluding carboxylic acids is 3. The minimum Gasteiger partial charge on any atom is -0.368 e. The number of hydrogen-bond acceptors (Lipinski definition) is 4. The molecular weight excluding hydrogens is 200 g/mol. The molecule has 0 aromatic rings. The molecule has 0 spiro atoms. The highest BCUT2D eigenvalue weighted by Crippen LogP contribution is 2.02. The molecule has 0 aromatic carbocycles. The van der Waals surface area contributed by atoms with Crippen LogP contribution in [0.5, 0.6) is 0 Å². The molecule has 1 aliphatic rings. The van der Waals surface area contributed by atoms with Crippen molar-refractivity contribution in [2.45, 2.75) is 12.8 Å². The number of nitrogens with two attached hydrogens (primary N) is 1. The second kappa shape index (κ2) is 4.54. The molecule has 0 fully saturated rings. The van der Waals surface area contributed by atoms with Crippen molar-refractivity contribution in [2.75, 3.05) is 13.6 Å². The molecule has 7 heteroatoms. The summed E-state index contributed by atoms with van der Waals surface area (Å²) in [6.45, 7) is -0.161. The highest BCUT2D eigenvalue weighted by atomic mass is 16.2. The van der Waals surface area contributed by atoms with Gasteiger partial charge >= 0.3 is 0 Å². The molecule has 0 aliphatic carbocycles. The van der Waals surface area contributed by atoms with E-state index in [1.54, 1.807) is 0 Å². The summed E-state index contributed by atoms with van der Waals surface area (Å²) in [4.78, 5) is 34.1. The van der Waals surface area contributed by atoms with E-state index in [4.69, 9.17) is 5.73 Å². The number of amides is 3. The maximum absolute atomic E-state index is 11.6. The largest absolute Gasteiger partial charge is 0.368 e. The summed E-state index contributed by atoms with van der Waals surface area (Å²) in [6, 6.07) is 0. The Morgan fingerprint density at radius 3 is 2.67 bits per heavy atom. The van der Waals surface area contributed by atoms with Gasteiger partial charge in [0.25, 0.3) is 5.91 Å². The average molecular weight is 212 g/mol. The van der Waals surface area contributed by atoms with Gasteiger partial charge in [-0.15, -0.1) is 0 Å². The lowest BCUT2D eigenvalue weighted by Gasteiger charge is -2.18. The lowest BCUT2D eigenvalue weighted by Crippen LogP contribution is -2.41. The van der Waals surface area contributed by atoms with E-state index in [2.05, 4.69) is 10.5 Å². The first kappa shape index (κ1) is 11.2. The topological polar surface area (TPSA) is 105 Å². The maximum Gasteiger partial charge on any atom is 0.270 e. The molecule has 0 saturated heterocycles. The van der Waals surface area contributed by atoms with Gasteiger partial charge in [0.2, 0.25) is 11.8 Å². The second-order valence-corrected chi connectivity index (χ2v) is 3.22. The Kier molecular flexibility index (Phi) is 3.37. The molecule has 1 heterocycles. The van der Waals surface area contributed by atoms with Gasteiger partial charge in [0, 0.05) is 19.9 Å². The summed E-state index contributed by atoms with van der Waals surface area (Å²) >= 11 is 0. The predicted molar refractivity (Wildman–Crippen MR) is 51.6 cm³/mol. The minimum absolute atomic E-state index is 0.161. The van der Waals surface area contributed by atoms with Crippen molar-refractivity contribution in [1.29, 1.82) is 0 Å². The van der Waals surface area contributed by atoms with Gasteiger partial charge in [-0.2, -0.15) is 5.10 Å². The van der Waals surface area contributed by atoms with Crippen LogP contribution in [-0.2, 0) is 14.4 Å². The van der Waals surface area contributed by atoms with Crippen molar-refractivity contribution in [3.8, 4) is 0 Å². The number of nitrogens with zero attached hydrogens (tertiary/aromatic N) is 2. The molecule has 0 saturated carbocycles. The van der Waals surface area contributed by atoms with E-state index in [1.165, 1.54) is 11.9 Å². The van der Waals surface area contributed by atoms with E-state index in [1.807, 2.05) is 0 Å². The Balaban J connectivity index is 2.60. The molecule has 3 amide bonds. The van der Waals surface area contributed by atoms with Crippen LogP contribution in [0.2, 0.25) is 0 Å². The molecule has 1 rings (SSSR count). The fourth-order valence-corrected chi connectivity index (χ4v) is 1.15. The van der Waals surface area contributed by atoms with Gasteiger partial charge < -0.3 is 10.6 Å². The van der Waals surface area contributed by atoms with Crippen LogP contribution >= 0.6 is 0 Å². The zero-order valence-electron chi connectivity index (χ0n) is 8.32. The van der Waals surface area contributed by atoms with E-state index >= 15 is 0 Å². The summed E-state index contributed by atoms with van der Waals surface area (Å²) in [6.07, 6.45) is 0.517. The number of likely N-dealkylation sites (N-methyl/N-ethyl adjacent to an activating group) is 1. The van der Waals surface area contributed by atoms with Crippen LogP contribution in [0.1, 0.15) is 12.8 Å². The van der Waals surface area contributed by atoms with E-state index in [0.717, 1.165) is 0 Å². The van der Waals surface area contributed by atoms with Gasteiger partial charge in [-0.1, -0.05) is 0 Å². The molecule has 3 N–H and O–H groups in total. The van der Waals surface area contributed by atoms with Crippen molar-refractivity contribution < 1.29 is 14.4 Å². The van der Waals surface area contributed by atoms with E-state index in [0.29, 0.717) is 0 Å². The van der Waals surface area contributed by atoms with E-state index in [-0.39, 0.29) is 31.0 Å². The number of carbonyl (C=O) groups is 3. The Morgan fingerprint density at radius 1 is 1.53 bits per heavy atom. The summed E-state index contributed by atoms with van der Waals surface area (Å²) in [5.74, 6) is -1.20. The second-order valence-electron chi connectivity index (χ2n) is 3.22. The van der Waals surface area contributed by atoms with Crippen LogP contribution in [0.15, 0.2) is 5.10 Å². The van der Waals surface area contributed by atoms with Crippen molar-refractivity contribution in [3.05, 3.63) is 0 Å². The van der Waals surface area contributed by atoms with Crippen LogP contribution < -0.4 is 11.2 Å². The van der Waals surface area contributed by atoms with Gasteiger partial charge in [0.1, 0.15) is 5.71 Å². The zero-order valence-corrected chi connectivity index (χ0v) is 8.32. The summed E-state index contributed by atoms with van der Waals surface area (Å²) in [5, 5.41) is 3.61. The smallest absolute Gasteiger partial charge is 0.270 e. The highest BCUT2D eigenvalue weighted by Gasteiger charge is 2.21. The third-order valence-corrected chi connectivity index (χ3v) is 1.89. The molecule has 0 bridgehead atoms. The average Bonchev–Trinajstić information content (AvgIpc) is 2.17. The Labute approximate surface area is 86.3 Å². The van der Waals surface area contributed by atoms with Crippen molar-refractivity contribution in [1.82, 2.24) is 10.3 Å². The van der Waals surface area contributed by atoms with Crippen LogP contribution in [0.25, 0.3) is 0 Å². The number of hydrogen-bond donors (Lipinski definition) is 2. The molecule has 0 radical (unpaired) electrons. The SMILES string of the molecule is CN(CC(N)=O)C(=O)C1=NNC(=O)CC1. The molecule has 0 aromatic heterocycles. The third-order valence-electron chi connectivity index (χ3n) is 1.89. The van der Waals surface area contributed by atoms with Crippen molar-refractivity contribution >= 4 is 23.4 Å². The summed E-state index contributed by atoms with van der Waals surface area (Å²) < 4.78 is 0. The zero-order chi connectivity index (χ0) is 11.4. The first-order valence-corrected chi connectivity index (χ1v) is 4.40. The first-order valence-electron chi connectivity index (χ1n) is 4.40. The van der Waals surface area contributed by atoms with Crippen molar-refractivity contribution in [2.24, 2.45) is 10.8 Å². The monoisotopic (exact) mass is 212 g/mol. The Hall–Kier alpha value is -1.92. The van der Waals surface area contributed by atoms with E-state index in [9.17, 15) is 14.4 Å². The van der Waals surface area contributed by atoms with Crippen molar-refractivity contribution in [3.63, 3.8) is 0 Å².